The third-order valence-corrected chi connectivity index (χ3v) is 4.17. The highest BCUT2D eigenvalue weighted by Gasteiger charge is 2.07. The van der Waals surface area contributed by atoms with Gasteiger partial charge in [0.15, 0.2) is 5.69 Å². The molecule has 0 bridgehead atoms. The molecule has 6 nitrogen and oxygen atoms in total. The molecule has 2 aromatic rings. The summed E-state index contributed by atoms with van der Waals surface area (Å²) in [4.78, 5) is 5.10. The monoisotopic (exact) mass is 337 g/mol. The van der Waals surface area contributed by atoms with Gasteiger partial charge in [0.25, 0.3) is 0 Å². The molecule has 0 aliphatic rings. The predicted molar refractivity (Wildman–Crippen MR) is 87.5 cm³/mol. The summed E-state index contributed by atoms with van der Waals surface area (Å²) in [6, 6.07) is 6.01. The Morgan fingerprint density at radius 1 is 1.04 bits per heavy atom. The second-order valence-corrected chi connectivity index (χ2v) is 6.11. The van der Waals surface area contributed by atoms with E-state index < -0.39 is 0 Å². The van der Waals surface area contributed by atoms with Crippen LogP contribution in [0.3, 0.4) is 0 Å². The lowest BCUT2D eigenvalue weighted by molar-refractivity contribution is -0.777. The SMILES string of the molecule is Cc1cc(C)[n+](N)c(C)n1.Cc1cc(C)c(SOO[O-])c(C)c1. The first-order chi connectivity index (χ1) is 10.8. The van der Waals surface area contributed by atoms with Gasteiger partial charge in [-0.3, -0.25) is 10.9 Å². The van der Waals surface area contributed by atoms with Crippen molar-refractivity contribution in [2.45, 2.75) is 46.4 Å². The van der Waals surface area contributed by atoms with Gasteiger partial charge in [-0.25, -0.2) is 0 Å². The van der Waals surface area contributed by atoms with Crippen LogP contribution in [0.2, 0.25) is 0 Å². The van der Waals surface area contributed by atoms with Crippen molar-refractivity contribution in [3.05, 3.63) is 52.1 Å². The quantitative estimate of drug-likeness (QED) is 0.302. The van der Waals surface area contributed by atoms with Crippen molar-refractivity contribution >= 4 is 12.0 Å². The molecule has 0 spiro atoms. The van der Waals surface area contributed by atoms with Crippen LogP contribution in [0.1, 0.15) is 33.9 Å². The van der Waals surface area contributed by atoms with Crippen LogP contribution in [-0.2, 0) is 9.37 Å². The smallest absolute Gasteiger partial charge is 0.318 e. The van der Waals surface area contributed by atoms with E-state index in [4.69, 9.17) is 5.84 Å². The molecule has 0 aliphatic carbocycles. The van der Waals surface area contributed by atoms with Gasteiger partial charge in [-0.2, -0.15) is 4.33 Å². The minimum atomic E-state index is 0.845. The van der Waals surface area contributed by atoms with Crippen molar-refractivity contribution in [1.82, 2.24) is 4.98 Å². The summed E-state index contributed by atoms with van der Waals surface area (Å²) in [5.41, 5.74) is 5.41. The van der Waals surface area contributed by atoms with Crippen molar-refractivity contribution in [2.75, 3.05) is 5.84 Å². The van der Waals surface area contributed by atoms with E-state index >= 15 is 0 Å². The first-order valence-corrected chi connectivity index (χ1v) is 7.83. The van der Waals surface area contributed by atoms with Crippen LogP contribution < -0.4 is 15.8 Å². The van der Waals surface area contributed by atoms with Gasteiger partial charge in [-0.1, -0.05) is 17.7 Å². The molecule has 0 saturated carbocycles. The molecule has 0 amide bonds. The summed E-state index contributed by atoms with van der Waals surface area (Å²) in [7, 11) is 0. The molecule has 0 radical (unpaired) electrons. The van der Waals surface area contributed by atoms with E-state index in [9.17, 15) is 5.26 Å². The average Bonchev–Trinajstić information content (AvgIpc) is 2.44. The number of hydrogen-bond acceptors (Lipinski definition) is 6. The van der Waals surface area contributed by atoms with Crippen molar-refractivity contribution in [2.24, 2.45) is 0 Å². The first-order valence-electron chi connectivity index (χ1n) is 7.09. The maximum Gasteiger partial charge on any atom is 0.318 e. The van der Waals surface area contributed by atoms with Crippen LogP contribution in [0.25, 0.3) is 0 Å². The number of nitrogens with two attached hydrogens (primary N) is 1. The molecule has 2 rings (SSSR count). The molecule has 0 aliphatic heterocycles. The minimum absolute atomic E-state index is 0.845. The molecule has 126 valence electrons. The number of benzene rings is 1. The lowest BCUT2D eigenvalue weighted by Crippen LogP contribution is -2.50. The molecule has 0 atom stereocenters. The number of hydrogen-bond donors (Lipinski definition) is 1. The fourth-order valence-electron chi connectivity index (χ4n) is 2.31. The topological polar surface area (TPSA) is 84.3 Å². The van der Waals surface area contributed by atoms with Crippen LogP contribution >= 0.6 is 12.0 Å². The Kier molecular flexibility index (Phi) is 7.44. The zero-order chi connectivity index (χ0) is 17.6. The molecule has 23 heavy (non-hydrogen) atoms. The van der Waals surface area contributed by atoms with E-state index in [1.807, 2.05) is 59.7 Å². The number of aryl methyl sites for hydroxylation is 6. The van der Waals surface area contributed by atoms with Crippen molar-refractivity contribution < 1.29 is 19.3 Å². The summed E-state index contributed by atoms with van der Waals surface area (Å²) >= 11 is 0.948. The van der Waals surface area contributed by atoms with Crippen LogP contribution in [0.4, 0.5) is 0 Å². The number of aromatic nitrogens is 2. The summed E-state index contributed by atoms with van der Waals surface area (Å²) in [5.74, 6) is 6.45. The van der Waals surface area contributed by atoms with E-state index in [2.05, 4.69) is 14.4 Å². The highest BCUT2D eigenvalue weighted by Crippen LogP contribution is 2.27. The summed E-state index contributed by atoms with van der Waals surface area (Å²) in [5, 5.41) is 12.9. The second-order valence-electron chi connectivity index (χ2n) is 5.40. The Morgan fingerprint density at radius 3 is 2.09 bits per heavy atom. The van der Waals surface area contributed by atoms with Gasteiger partial charge in [0, 0.05) is 31.7 Å². The van der Waals surface area contributed by atoms with Gasteiger partial charge >= 0.3 is 5.82 Å². The lowest BCUT2D eigenvalue weighted by atomic mass is 10.1. The molecule has 0 unspecified atom stereocenters. The maximum absolute atomic E-state index is 9.65. The normalized spacial score (nSPS) is 10.2. The van der Waals surface area contributed by atoms with Gasteiger partial charge < -0.3 is 5.26 Å². The lowest BCUT2D eigenvalue weighted by Gasteiger charge is -2.10. The zero-order valence-electron chi connectivity index (χ0n) is 14.3. The van der Waals surface area contributed by atoms with E-state index in [0.717, 1.165) is 45.3 Å². The zero-order valence-corrected chi connectivity index (χ0v) is 15.2. The predicted octanol–water partition coefficient (Wildman–Crippen LogP) is 1.85. The van der Waals surface area contributed by atoms with Gasteiger partial charge in [0.05, 0.1) is 12.0 Å². The number of nitrogen functional groups attached to an aromatic ring is 1. The van der Waals surface area contributed by atoms with E-state index in [-0.39, 0.29) is 0 Å². The van der Waals surface area contributed by atoms with Crippen molar-refractivity contribution in [1.29, 1.82) is 0 Å². The molecule has 1 aromatic carbocycles. The Balaban J connectivity index is 0.000000238. The van der Waals surface area contributed by atoms with Gasteiger partial charge in [0.1, 0.15) is 5.69 Å². The Bertz CT molecular complexity index is 632. The fraction of sp³-hybridized carbons (Fsp3) is 0.375. The molecule has 0 saturated heterocycles. The highest BCUT2D eigenvalue weighted by atomic mass is 32.2. The van der Waals surface area contributed by atoms with Crippen LogP contribution in [0, 0.1) is 41.5 Å². The van der Waals surface area contributed by atoms with Crippen LogP contribution in [-0.4, -0.2) is 4.98 Å². The highest BCUT2D eigenvalue weighted by molar-refractivity contribution is 7.94. The molecule has 1 heterocycles. The number of rotatable bonds is 3. The third-order valence-electron chi connectivity index (χ3n) is 3.23. The summed E-state index contributed by atoms with van der Waals surface area (Å²) in [6.45, 7) is 11.8. The van der Waals surface area contributed by atoms with E-state index in [0.29, 0.717) is 0 Å². The van der Waals surface area contributed by atoms with Crippen LogP contribution in [0.5, 0.6) is 0 Å². The van der Waals surface area contributed by atoms with E-state index in [1.54, 1.807) is 4.68 Å². The Morgan fingerprint density at radius 2 is 1.61 bits per heavy atom. The average molecular weight is 337 g/mol. The Labute approximate surface area is 141 Å². The van der Waals surface area contributed by atoms with Gasteiger partial charge in [-0.15, -0.1) is 4.68 Å². The molecule has 1 aromatic heterocycles. The maximum atomic E-state index is 9.65. The molecular formula is C16H23N3O3S. The van der Waals surface area contributed by atoms with Crippen molar-refractivity contribution in [3.63, 3.8) is 0 Å². The summed E-state index contributed by atoms with van der Waals surface area (Å²) < 4.78 is 5.86. The second kappa shape index (κ2) is 8.83. The fourth-order valence-corrected chi connectivity index (χ4v) is 2.79. The first kappa shape index (κ1) is 19.4. The number of nitrogens with zero attached hydrogens (tertiary/aromatic N) is 2. The molecule has 2 N–H and O–H groups in total. The third kappa shape index (κ3) is 5.80. The van der Waals surface area contributed by atoms with E-state index in [1.165, 1.54) is 5.56 Å². The molecular weight excluding hydrogens is 314 g/mol. The largest absolute Gasteiger partial charge is 0.691 e. The Hall–Kier alpha value is -1.67. The summed E-state index contributed by atoms with van der Waals surface area (Å²) in [6.07, 6.45) is 0. The molecule has 7 heteroatoms. The standard InChI is InChI=1S/C9H12O3S.C7H12N3/c1-6-4-7(2)9(8(3)5-6)13-12-11-10;1-5-4-6(2)10(8)7(3)9-5/h4-5,10H,1-3H3;4H,8H2,1-3H3/q;+1/p-1. The van der Waals surface area contributed by atoms with Crippen LogP contribution in [0.15, 0.2) is 23.1 Å². The minimum Gasteiger partial charge on any atom is -0.691 e. The molecule has 0 fully saturated rings. The van der Waals surface area contributed by atoms with Gasteiger partial charge in [0.2, 0.25) is 0 Å². The van der Waals surface area contributed by atoms with Crippen molar-refractivity contribution in [3.8, 4) is 0 Å². The van der Waals surface area contributed by atoms with Gasteiger partial charge in [-0.05, 0) is 36.9 Å².